The average Bonchev–Trinajstić information content (AvgIpc) is 2.91. The maximum atomic E-state index is 12.4. The molecule has 1 heterocycles. The molecule has 1 aromatic carbocycles. The Bertz CT molecular complexity index is 743. The first kappa shape index (κ1) is 17.0. The molecule has 2 aromatic rings. The Hall–Kier alpha value is -2.40. The smallest absolute Gasteiger partial charge is 0.269 e. The second-order valence-electron chi connectivity index (χ2n) is 5.55. The maximum absolute atomic E-state index is 12.4. The number of carbonyl (C=O) groups is 2. The van der Waals surface area contributed by atoms with E-state index in [0.29, 0.717) is 5.56 Å². The molecule has 0 aliphatic rings. The predicted octanol–water partition coefficient (Wildman–Crippen LogP) is 3.22. The third-order valence-electron chi connectivity index (χ3n) is 3.38. The highest BCUT2D eigenvalue weighted by Gasteiger charge is 2.16. The molecule has 4 nitrogen and oxygen atoms in total. The molecule has 0 aliphatic heterocycles. The largest absolute Gasteiger partial charge is 0.344 e. The Labute approximate surface area is 140 Å². The molecule has 0 spiro atoms. The highest BCUT2D eigenvalue weighted by atomic mass is 32.1. The zero-order chi connectivity index (χ0) is 17.0. The van der Waals surface area contributed by atoms with Crippen LogP contribution in [0, 0.1) is 13.8 Å². The standard InChI is InChI=1S/C18H20N2O2S/c1-12-5-7-14(8-6-12)17(21)19-15(18(22)20(3)4)11-16-13(2)9-10-23-16/h5-11H,1-4H3,(H,19,21)/b15-11-. The Morgan fingerprint density at radius 3 is 2.26 bits per heavy atom. The fraction of sp³-hybridized carbons (Fsp3) is 0.222. The number of benzene rings is 1. The highest BCUT2D eigenvalue weighted by molar-refractivity contribution is 7.11. The second kappa shape index (κ2) is 7.24. The molecular formula is C18H20N2O2S. The van der Waals surface area contributed by atoms with Gasteiger partial charge in [0.2, 0.25) is 0 Å². The molecule has 0 unspecified atom stereocenters. The van der Waals surface area contributed by atoms with Crippen LogP contribution in [-0.4, -0.2) is 30.8 Å². The second-order valence-corrected chi connectivity index (χ2v) is 6.49. The lowest BCUT2D eigenvalue weighted by Crippen LogP contribution is -2.34. The van der Waals surface area contributed by atoms with Crippen molar-refractivity contribution in [2.75, 3.05) is 14.1 Å². The van der Waals surface area contributed by atoms with Crippen LogP contribution < -0.4 is 5.32 Å². The van der Waals surface area contributed by atoms with E-state index in [2.05, 4.69) is 5.32 Å². The van der Waals surface area contributed by atoms with Crippen molar-refractivity contribution in [1.82, 2.24) is 10.2 Å². The SMILES string of the molecule is Cc1ccc(C(=O)N/C(=C\c2sccc2C)C(=O)N(C)C)cc1. The van der Waals surface area contributed by atoms with Crippen LogP contribution >= 0.6 is 11.3 Å². The number of nitrogens with zero attached hydrogens (tertiary/aromatic N) is 1. The Morgan fingerprint density at radius 1 is 1.09 bits per heavy atom. The zero-order valence-electron chi connectivity index (χ0n) is 13.7. The number of carbonyl (C=O) groups excluding carboxylic acids is 2. The molecule has 0 saturated carbocycles. The molecule has 23 heavy (non-hydrogen) atoms. The molecule has 120 valence electrons. The van der Waals surface area contributed by atoms with Gasteiger partial charge in [-0.25, -0.2) is 0 Å². The number of likely N-dealkylation sites (N-methyl/N-ethyl adjacent to an activating group) is 1. The van der Waals surface area contributed by atoms with Crippen molar-refractivity contribution in [3.05, 3.63) is 63.0 Å². The summed E-state index contributed by atoms with van der Waals surface area (Å²) in [5.74, 6) is -0.529. The van der Waals surface area contributed by atoms with Crippen LogP contribution in [0.1, 0.15) is 26.4 Å². The normalized spacial score (nSPS) is 11.2. The third-order valence-corrected chi connectivity index (χ3v) is 4.34. The first-order valence-electron chi connectivity index (χ1n) is 7.24. The van der Waals surface area contributed by atoms with Crippen molar-refractivity contribution in [3.8, 4) is 0 Å². The van der Waals surface area contributed by atoms with E-state index < -0.39 is 0 Å². The molecule has 5 heteroatoms. The summed E-state index contributed by atoms with van der Waals surface area (Å²) in [6.45, 7) is 3.93. The van der Waals surface area contributed by atoms with Gasteiger partial charge < -0.3 is 10.2 Å². The summed E-state index contributed by atoms with van der Waals surface area (Å²) >= 11 is 1.53. The van der Waals surface area contributed by atoms with E-state index in [0.717, 1.165) is 16.0 Å². The first-order valence-corrected chi connectivity index (χ1v) is 8.12. The molecule has 0 bridgehead atoms. The molecule has 2 rings (SSSR count). The zero-order valence-corrected chi connectivity index (χ0v) is 14.5. The molecule has 1 N–H and O–H groups in total. The van der Waals surface area contributed by atoms with E-state index in [1.165, 1.54) is 16.2 Å². The van der Waals surface area contributed by atoms with Crippen molar-refractivity contribution < 1.29 is 9.59 Å². The van der Waals surface area contributed by atoms with Crippen molar-refractivity contribution in [1.29, 1.82) is 0 Å². The Morgan fingerprint density at radius 2 is 1.74 bits per heavy atom. The van der Waals surface area contributed by atoms with E-state index in [4.69, 9.17) is 0 Å². The maximum Gasteiger partial charge on any atom is 0.269 e. The van der Waals surface area contributed by atoms with Crippen LogP contribution in [0.3, 0.4) is 0 Å². The monoisotopic (exact) mass is 328 g/mol. The van der Waals surface area contributed by atoms with Gasteiger partial charge in [0.1, 0.15) is 5.70 Å². The third kappa shape index (κ3) is 4.29. The van der Waals surface area contributed by atoms with Crippen LogP contribution in [0.5, 0.6) is 0 Å². The lowest BCUT2D eigenvalue weighted by molar-refractivity contribution is -0.124. The molecule has 1 aromatic heterocycles. The number of nitrogens with one attached hydrogen (secondary N) is 1. The van der Waals surface area contributed by atoms with Gasteiger partial charge in [-0.1, -0.05) is 17.7 Å². The molecular weight excluding hydrogens is 308 g/mol. The van der Waals surface area contributed by atoms with Crippen LogP contribution in [-0.2, 0) is 4.79 Å². The van der Waals surface area contributed by atoms with Crippen LogP contribution in [0.25, 0.3) is 6.08 Å². The minimum Gasteiger partial charge on any atom is -0.344 e. The summed E-state index contributed by atoms with van der Waals surface area (Å²) in [6.07, 6.45) is 1.73. The van der Waals surface area contributed by atoms with Gasteiger partial charge in [0.15, 0.2) is 0 Å². The van der Waals surface area contributed by atoms with Crippen molar-refractivity contribution in [3.63, 3.8) is 0 Å². The summed E-state index contributed by atoms with van der Waals surface area (Å²) in [5, 5.41) is 4.70. The summed E-state index contributed by atoms with van der Waals surface area (Å²) in [6, 6.07) is 9.22. The summed E-state index contributed by atoms with van der Waals surface area (Å²) in [7, 11) is 3.32. The molecule has 0 saturated heterocycles. The van der Waals surface area contributed by atoms with Crippen LogP contribution in [0.15, 0.2) is 41.4 Å². The van der Waals surface area contributed by atoms with Crippen LogP contribution in [0.2, 0.25) is 0 Å². The highest BCUT2D eigenvalue weighted by Crippen LogP contribution is 2.19. The molecule has 2 amide bonds. The number of aryl methyl sites for hydroxylation is 2. The minimum absolute atomic E-state index is 0.238. The number of thiophene rings is 1. The summed E-state index contributed by atoms with van der Waals surface area (Å²) in [4.78, 5) is 27.1. The summed E-state index contributed by atoms with van der Waals surface area (Å²) < 4.78 is 0. The number of hydrogen-bond acceptors (Lipinski definition) is 3. The van der Waals surface area contributed by atoms with E-state index in [9.17, 15) is 9.59 Å². The van der Waals surface area contributed by atoms with E-state index in [1.807, 2.05) is 37.4 Å². The van der Waals surface area contributed by atoms with Crippen molar-refractivity contribution >= 4 is 29.2 Å². The van der Waals surface area contributed by atoms with Crippen LogP contribution in [0.4, 0.5) is 0 Å². The van der Waals surface area contributed by atoms with Gasteiger partial charge in [-0.2, -0.15) is 0 Å². The number of hydrogen-bond donors (Lipinski definition) is 1. The van der Waals surface area contributed by atoms with Gasteiger partial charge >= 0.3 is 0 Å². The fourth-order valence-electron chi connectivity index (χ4n) is 1.96. The first-order chi connectivity index (χ1) is 10.9. The minimum atomic E-state index is -0.291. The van der Waals surface area contributed by atoms with Crippen molar-refractivity contribution in [2.45, 2.75) is 13.8 Å². The van der Waals surface area contributed by atoms with Gasteiger partial charge in [0.25, 0.3) is 11.8 Å². The van der Waals surface area contributed by atoms with Gasteiger partial charge in [-0.05, 0) is 49.1 Å². The lowest BCUT2D eigenvalue weighted by Gasteiger charge is -2.15. The van der Waals surface area contributed by atoms with Gasteiger partial charge in [0, 0.05) is 24.5 Å². The predicted molar refractivity (Wildman–Crippen MR) is 94.4 cm³/mol. The lowest BCUT2D eigenvalue weighted by atomic mass is 10.1. The topological polar surface area (TPSA) is 49.4 Å². The molecule has 0 atom stereocenters. The quantitative estimate of drug-likeness (QED) is 0.876. The molecule has 0 aliphatic carbocycles. The fourth-order valence-corrected chi connectivity index (χ4v) is 2.81. The Kier molecular flexibility index (Phi) is 5.34. The van der Waals surface area contributed by atoms with E-state index >= 15 is 0 Å². The number of amides is 2. The molecule has 0 fully saturated rings. The van der Waals surface area contributed by atoms with Crippen molar-refractivity contribution in [2.24, 2.45) is 0 Å². The number of rotatable bonds is 4. The van der Waals surface area contributed by atoms with Gasteiger partial charge in [0.05, 0.1) is 0 Å². The summed E-state index contributed by atoms with van der Waals surface area (Å²) in [5.41, 5.74) is 2.95. The average molecular weight is 328 g/mol. The molecule has 0 radical (unpaired) electrons. The van der Waals surface area contributed by atoms with Gasteiger partial charge in [-0.3, -0.25) is 9.59 Å². The van der Waals surface area contributed by atoms with E-state index in [1.54, 1.807) is 32.3 Å². The van der Waals surface area contributed by atoms with E-state index in [-0.39, 0.29) is 17.5 Å². The Balaban J connectivity index is 2.29. The van der Waals surface area contributed by atoms with Gasteiger partial charge in [-0.15, -0.1) is 11.3 Å².